The van der Waals surface area contributed by atoms with Crippen LogP contribution in [-0.2, 0) is 14.4 Å². The molecule has 76 valence electrons. The first-order valence-corrected chi connectivity index (χ1v) is 3.54. The molecule has 0 spiro atoms. The third-order valence-corrected chi connectivity index (χ3v) is 0.742. The van der Waals surface area contributed by atoms with Crippen LogP contribution in [0.4, 0.5) is 0 Å². The Bertz CT molecular complexity index is 189. The topological polar surface area (TPSA) is 109 Å². The van der Waals surface area contributed by atoms with Crippen molar-refractivity contribution in [2.75, 3.05) is 0 Å². The average Bonchev–Trinajstić information content (AvgIpc) is 1.84. The zero-order chi connectivity index (χ0) is 11.0. The Hall–Kier alpha value is -1.43. The van der Waals surface area contributed by atoms with Crippen molar-refractivity contribution in [2.24, 2.45) is 5.73 Å². The number of carboxylic acids is 1. The van der Waals surface area contributed by atoms with Gasteiger partial charge in [-0.15, -0.1) is 0 Å². The van der Waals surface area contributed by atoms with Gasteiger partial charge < -0.3 is 10.8 Å². The fourth-order valence-corrected chi connectivity index (χ4v) is 0.248. The van der Waals surface area contributed by atoms with Gasteiger partial charge in [0.1, 0.15) is 6.04 Å². The average molecular weight is 190 g/mol. The van der Waals surface area contributed by atoms with Crippen molar-refractivity contribution in [1.29, 1.82) is 0 Å². The van der Waals surface area contributed by atoms with E-state index in [4.69, 9.17) is 10.8 Å². The maximum atomic E-state index is 9.92. The SMILES string of the molecule is CC(=O)NC(C)=O.CC(N)C(=O)O. The number of carbonyl (C=O) groups excluding carboxylic acids is 2. The predicted molar refractivity (Wildman–Crippen MR) is 45.8 cm³/mol. The largest absolute Gasteiger partial charge is 0.480 e. The van der Waals surface area contributed by atoms with Crippen LogP contribution in [0.2, 0.25) is 0 Å². The Kier molecular flexibility index (Phi) is 7.85. The number of amides is 2. The molecule has 6 heteroatoms. The van der Waals surface area contributed by atoms with Gasteiger partial charge in [-0.2, -0.15) is 0 Å². The fourth-order valence-electron chi connectivity index (χ4n) is 0.248. The zero-order valence-electron chi connectivity index (χ0n) is 7.83. The Labute approximate surface area is 76.1 Å². The highest BCUT2D eigenvalue weighted by Crippen LogP contribution is 1.68. The van der Waals surface area contributed by atoms with Crippen LogP contribution in [0.1, 0.15) is 20.8 Å². The Morgan fingerprint density at radius 2 is 1.46 bits per heavy atom. The smallest absolute Gasteiger partial charge is 0.320 e. The molecular weight excluding hydrogens is 176 g/mol. The van der Waals surface area contributed by atoms with Gasteiger partial charge in [0.25, 0.3) is 0 Å². The van der Waals surface area contributed by atoms with Crippen LogP contribution in [0, 0.1) is 0 Å². The first kappa shape index (κ1) is 14.1. The van der Waals surface area contributed by atoms with E-state index in [-0.39, 0.29) is 11.8 Å². The first-order chi connectivity index (χ1) is 5.77. The fraction of sp³-hybridized carbons (Fsp3) is 0.571. The Morgan fingerprint density at radius 3 is 1.46 bits per heavy atom. The summed E-state index contributed by atoms with van der Waals surface area (Å²) in [7, 11) is 0. The molecule has 0 aromatic rings. The maximum absolute atomic E-state index is 9.92. The van der Waals surface area contributed by atoms with Crippen molar-refractivity contribution in [3.05, 3.63) is 0 Å². The molecule has 0 saturated carbocycles. The summed E-state index contributed by atoms with van der Waals surface area (Å²) in [6.07, 6.45) is 0. The van der Waals surface area contributed by atoms with Crippen molar-refractivity contribution >= 4 is 17.8 Å². The van der Waals surface area contributed by atoms with E-state index >= 15 is 0 Å². The van der Waals surface area contributed by atoms with Gasteiger partial charge >= 0.3 is 5.97 Å². The van der Waals surface area contributed by atoms with Crippen LogP contribution in [0.25, 0.3) is 0 Å². The standard InChI is InChI=1S/C4H7NO2.C3H7NO2/c1-3(6)5-4(2)7;1-2(4)3(5)6/h1-2H3,(H,5,6,7);2H,4H2,1H3,(H,5,6). The summed E-state index contributed by atoms with van der Waals surface area (Å²) < 4.78 is 0. The summed E-state index contributed by atoms with van der Waals surface area (Å²) >= 11 is 0. The van der Waals surface area contributed by atoms with Gasteiger partial charge in [-0.05, 0) is 6.92 Å². The number of rotatable bonds is 1. The van der Waals surface area contributed by atoms with Gasteiger partial charge in [0.15, 0.2) is 0 Å². The summed E-state index contributed by atoms with van der Waals surface area (Å²) in [4.78, 5) is 29.4. The minimum absolute atomic E-state index is 0.312. The highest BCUT2D eigenvalue weighted by molar-refractivity contribution is 5.92. The van der Waals surface area contributed by atoms with E-state index in [1.165, 1.54) is 20.8 Å². The molecule has 4 N–H and O–H groups in total. The summed E-state index contributed by atoms with van der Waals surface area (Å²) in [6.45, 7) is 4.01. The van der Waals surface area contributed by atoms with Crippen molar-refractivity contribution < 1.29 is 19.5 Å². The molecule has 0 fully saturated rings. The minimum Gasteiger partial charge on any atom is -0.480 e. The molecule has 0 aliphatic rings. The van der Waals surface area contributed by atoms with Crippen molar-refractivity contribution in [1.82, 2.24) is 5.32 Å². The lowest BCUT2D eigenvalue weighted by Crippen LogP contribution is -2.25. The van der Waals surface area contributed by atoms with E-state index in [0.717, 1.165) is 0 Å². The van der Waals surface area contributed by atoms with Crippen LogP contribution in [-0.4, -0.2) is 28.9 Å². The van der Waals surface area contributed by atoms with Gasteiger partial charge in [-0.25, -0.2) is 0 Å². The molecule has 1 atom stereocenters. The molecule has 13 heavy (non-hydrogen) atoms. The third kappa shape index (κ3) is 18.0. The molecule has 0 rings (SSSR count). The number of imide groups is 1. The highest BCUT2D eigenvalue weighted by Gasteiger charge is 1.99. The molecular formula is C7H14N2O4. The molecule has 6 nitrogen and oxygen atoms in total. The monoisotopic (exact) mass is 190 g/mol. The van der Waals surface area contributed by atoms with E-state index in [2.05, 4.69) is 0 Å². The van der Waals surface area contributed by atoms with Crippen LogP contribution >= 0.6 is 0 Å². The highest BCUT2D eigenvalue weighted by atomic mass is 16.4. The summed E-state index contributed by atoms with van der Waals surface area (Å²) in [5.74, 6) is -1.59. The summed E-state index contributed by atoms with van der Waals surface area (Å²) in [5, 5.41) is 9.89. The predicted octanol–water partition coefficient (Wildman–Crippen LogP) is -0.913. The maximum Gasteiger partial charge on any atom is 0.320 e. The number of hydrogen-bond acceptors (Lipinski definition) is 4. The van der Waals surface area contributed by atoms with E-state index < -0.39 is 12.0 Å². The first-order valence-electron chi connectivity index (χ1n) is 3.54. The number of nitrogens with one attached hydrogen (secondary N) is 1. The second-order valence-corrected chi connectivity index (χ2v) is 2.36. The van der Waals surface area contributed by atoms with E-state index in [1.54, 1.807) is 0 Å². The van der Waals surface area contributed by atoms with Crippen LogP contribution in [0.3, 0.4) is 0 Å². The van der Waals surface area contributed by atoms with Crippen molar-refractivity contribution in [3.8, 4) is 0 Å². The summed E-state index contributed by atoms with van der Waals surface area (Å²) in [6, 6.07) is -0.731. The second-order valence-electron chi connectivity index (χ2n) is 2.36. The lowest BCUT2D eigenvalue weighted by atomic mass is 10.4. The Morgan fingerprint density at radius 1 is 1.23 bits per heavy atom. The molecule has 0 bridgehead atoms. The molecule has 1 unspecified atom stereocenters. The molecule has 0 heterocycles. The molecule has 0 saturated heterocycles. The zero-order valence-corrected chi connectivity index (χ0v) is 7.83. The van der Waals surface area contributed by atoms with E-state index in [9.17, 15) is 14.4 Å². The second kappa shape index (κ2) is 7.23. The molecule has 0 aliphatic carbocycles. The normalized spacial score (nSPS) is 10.5. The van der Waals surface area contributed by atoms with Gasteiger partial charge in [-0.3, -0.25) is 19.7 Å². The molecule has 0 aliphatic heterocycles. The third-order valence-electron chi connectivity index (χ3n) is 0.742. The lowest BCUT2D eigenvalue weighted by Gasteiger charge is -1.90. The number of hydrogen-bond donors (Lipinski definition) is 3. The van der Waals surface area contributed by atoms with Gasteiger partial charge in [0.05, 0.1) is 0 Å². The van der Waals surface area contributed by atoms with Crippen LogP contribution in [0.5, 0.6) is 0 Å². The van der Waals surface area contributed by atoms with E-state index in [1.807, 2.05) is 5.32 Å². The number of aliphatic carboxylic acids is 1. The Balaban J connectivity index is 0. The minimum atomic E-state index is -0.963. The lowest BCUT2D eigenvalue weighted by molar-refractivity contribution is -0.138. The quantitative estimate of drug-likeness (QED) is 0.495. The van der Waals surface area contributed by atoms with Gasteiger partial charge in [-0.1, -0.05) is 0 Å². The molecule has 0 aromatic carbocycles. The van der Waals surface area contributed by atoms with Crippen LogP contribution in [0.15, 0.2) is 0 Å². The van der Waals surface area contributed by atoms with E-state index in [0.29, 0.717) is 0 Å². The number of carbonyl (C=O) groups is 3. The van der Waals surface area contributed by atoms with Crippen molar-refractivity contribution in [3.63, 3.8) is 0 Å². The van der Waals surface area contributed by atoms with Crippen LogP contribution < -0.4 is 11.1 Å². The molecule has 0 radical (unpaired) electrons. The summed E-state index contributed by atoms with van der Waals surface area (Å²) in [5.41, 5.74) is 4.84. The van der Waals surface area contributed by atoms with Gasteiger partial charge in [0.2, 0.25) is 11.8 Å². The number of carboxylic acid groups (broad SMARTS) is 1. The number of nitrogens with two attached hydrogens (primary N) is 1. The molecule has 0 aromatic heterocycles. The molecule has 2 amide bonds. The van der Waals surface area contributed by atoms with Crippen molar-refractivity contribution in [2.45, 2.75) is 26.8 Å². The van der Waals surface area contributed by atoms with Gasteiger partial charge in [0, 0.05) is 13.8 Å².